The van der Waals surface area contributed by atoms with Crippen molar-refractivity contribution >= 4 is 37.9 Å². The van der Waals surface area contributed by atoms with Gasteiger partial charge in [-0.15, -0.1) is 6.42 Å². The molecule has 1 aliphatic heterocycles. The Kier molecular flexibility index (Phi) is 7.39. The van der Waals surface area contributed by atoms with E-state index in [0.717, 1.165) is 0 Å². The van der Waals surface area contributed by atoms with Crippen LogP contribution in [0.2, 0.25) is 0 Å². The van der Waals surface area contributed by atoms with Gasteiger partial charge in [0.15, 0.2) is 23.2 Å². The fourth-order valence-electron chi connectivity index (χ4n) is 3.15. The van der Waals surface area contributed by atoms with E-state index in [4.69, 9.17) is 26.2 Å². The molecule has 2 aromatic heterocycles. The van der Waals surface area contributed by atoms with Crippen LogP contribution in [0.15, 0.2) is 6.33 Å². The molecule has 162 valence electrons. The van der Waals surface area contributed by atoms with Crippen molar-refractivity contribution in [2.24, 2.45) is 5.92 Å². The molecular formula is C18H26N7O4P. The first-order valence-electron chi connectivity index (χ1n) is 9.56. The number of imidazole rings is 1. The predicted molar refractivity (Wildman–Crippen MR) is 114 cm³/mol. The van der Waals surface area contributed by atoms with Crippen LogP contribution in [0.4, 0.5) is 11.8 Å². The Labute approximate surface area is 176 Å². The van der Waals surface area contributed by atoms with Gasteiger partial charge in [-0.3, -0.25) is 14.4 Å². The maximum absolute atomic E-state index is 11.6. The number of nitrogens with two attached hydrogens (primary N) is 1. The number of esters is 1. The topological polar surface area (TPSA) is 138 Å². The Morgan fingerprint density at radius 1 is 1.57 bits per heavy atom. The van der Waals surface area contributed by atoms with Crippen molar-refractivity contribution in [3.05, 3.63) is 6.33 Å². The van der Waals surface area contributed by atoms with Crippen LogP contribution in [0.5, 0.6) is 0 Å². The molecule has 11 nitrogen and oxygen atoms in total. The monoisotopic (exact) mass is 435 g/mol. The summed E-state index contributed by atoms with van der Waals surface area (Å²) < 4.78 is 18.5. The molecule has 0 radical (unpaired) electrons. The third-order valence-electron chi connectivity index (χ3n) is 4.61. The molecule has 0 bridgehead atoms. The van der Waals surface area contributed by atoms with E-state index in [0.29, 0.717) is 36.6 Å². The molecule has 3 heterocycles. The first-order chi connectivity index (χ1) is 14.5. The van der Waals surface area contributed by atoms with Crippen LogP contribution in [-0.4, -0.2) is 57.9 Å². The standard InChI is InChI=1S/C18H26N7O4P/c1-5-11-7-12(8-28-30-24-10(3)17(26)27-6-2)29-16(11)25-9-21-13-14(20-4)22-18(19)23-15(13)25/h1,9-12,16,24,30H,6-8H2,2-4H3,(H3,19,20,22,23)/t10?,11-,12-,16+/m0/s1. The lowest BCUT2D eigenvalue weighted by molar-refractivity contribution is -0.144. The average molecular weight is 435 g/mol. The SMILES string of the molecule is C#C[C@H]1C[C@@H](COPNC(C)C(=O)OCC)O[C@H]1n1cnc2c(NC)nc(N)nc21. The Morgan fingerprint density at radius 3 is 3.07 bits per heavy atom. The van der Waals surface area contributed by atoms with Gasteiger partial charge in [-0.25, -0.2) is 4.98 Å². The lowest BCUT2D eigenvalue weighted by Gasteiger charge is -2.18. The molecule has 0 aliphatic carbocycles. The summed E-state index contributed by atoms with van der Waals surface area (Å²) in [4.78, 5) is 24.4. The Bertz CT molecular complexity index is 931. The molecular weight excluding hydrogens is 409 g/mol. The van der Waals surface area contributed by atoms with E-state index < -0.39 is 12.3 Å². The second-order valence-electron chi connectivity index (χ2n) is 6.69. The van der Waals surface area contributed by atoms with Crippen molar-refractivity contribution in [1.29, 1.82) is 0 Å². The zero-order valence-electron chi connectivity index (χ0n) is 17.1. The van der Waals surface area contributed by atoms with Gasteiger partial charge in [0.05, 0.1) is 40.5 Å². The van der Waals surface area contributed by atoms with Crippen molar-refractivity contribution in [3.63, 3.8) is 0 Å². The van der Waals surface area contributed by atoms with Crippen molar-refractivity contribution in [2.75, 3.05) is 31.3 Å². The molecule has 1 saturated heterocycles. The number of aromatic nitrogens is 4. The van der Waals surface area contributed by atoms with E-state index in [-0.39, 0.29) is 32.9 Å². The highest BCUT2D eigenvalue weighted by atomic mass is 31.1. The Balaban J connectivity index is 1.62. The van der Waals surface area contributed by atoms with Crippen molar-refractivity contribution in [2.45, 2.75) is 38.6 Å². The minimum Gasteiger partial charge on any atom is -0.465 e. The van der Waals surface area contributed by atoms with Crippen LogP contribution in [-0.2, 0) is 18.8 Å². The number of carbonyl (C=O) groups is 1. The Hall–Kier alpha value is -2.51. The zero-order valence-corrected chi connectivity index (χ0v) is 18.1. The lowest BCUT2D eigenvalue weighted by atomic mass is 10.0. The van der Waals surface area contributed by atoms with E-state index >= 15 is 0 Å². The summed E-state index contributed by atoms with van der Waals surface area (Å²) >= 11 is 0. The number of carbonyl (C=O) groups excluding carboxylic acids is 1. The molecule has 2 aromatic rings. The van der Waals surface area contributed by atoms with Crippen LogP contribution in [0.1, 0.15) is 26.5 Å². The van der Waals surface area contributed by atoms with E-state index in [1.165, 1.54) is 0 Å². The smallest absolute Gasteiger partial charge is 0.323 e. The molecule has 0 aromatic carbocycles. The van der Waals surface area contributed by atoms with E-state index in [2.05, 4.69) is 31.3 Å². The van der Waals surface area contributed by atoms with Gasteiger partial charge in [0, 0.05) is 7.05 Å². The summed E-state index contributed by atoms with van der Waals surface area (Å²) in [5, 5.41) is 5.94. The summed E-state index contributed by atoms with van der Waals surface area (Å²) in [5.41, 5.74) is 6.96. The summed E-state index contributed by atoms with van der Waals surface area (Å²) in [7, 11) is 1.67. The minimum absolute atomic E-state index is 0.0721. The zero-order chi connectivity index (χ0) is 21.7. The summed E-state index contributed by atoms with van der Waals surface area (Å²) in [6, 6.07) is -0.442. The van der Waals surface area contributed by atoms with Crippen molar-refractivity contribution in [3.8, 4) is 12.3 Å². The quantitative estimate of drug-likeness (QED) is 0.227. The van der Waals surface area contributed by atoms with Gasteiger partial charge >= 0.3 is 5.97 Å². The van der Waals surface area contributed by atoms with Crippen molar-refractivity contribution in [1.82, 2.24) is 24.6 Å². The number of nitrogen functional groups attached to an aromatic ring is 1. The molecule has 2 unspecified atom stereocenters. The van der Waals surface area contributed by atoms with Gasteiger partial charge in [-0.2, -0.15) is 9.97 Å². The fraction of sp³-hybridized carbons (Fsp3) is 0.556. The molecule has 0 amide bonds. The molecule has 0 saturated carbocycles. The summed E-state index contributed by atoms with van der Waals surface area (Å²) in [6.07, 6.45) is 7.35. The normalized spacial score (nSPS) is 22.4. The van der Waals surface area contributed by atoms with Crippen LogP contribution in [0, 0.1) is 18.3 Å². The molecule has 0 spiro atoms. The molecule has 30 heavy (non-hydrogen) atoms. The Morgan fingerprint density at radius 2 is 2.37 bits per heavy atom. The molecule has 3 rings (SSSR count). The highest BCUT2D eigenvalue weighted by molar-refractivity contribution is 7.29. The number of anilines is 2. The fourth-order valence-corrected chi connectivity index (χ4v) is 3.80. The second kappa shape index (κ2) is 10.00. The number of nitrogens with zero attached hydrogens (tertiary/aromatic N) is 4. The van der Waals surface area contributed by atoms with Gasteiger partial charge < -0.3 is 25.0 Å². The van der Waals surface area contributed by atoms with Gasteiger partial charge in [-0.1, -0.05) is 5.92 Å². The predicted octanol–water partition coefficient (Wildman–Crippen LogP) is 1.05. The number of terminal acetylenes is 1. The first kappa shape index (κ1) is 22.2. The van der Waals surface area contributed by atoms with Crippen LogP contribution < -0.4 is 16.1 Å². The summed E-state index contributed by atoms with van der Waals surface area (Å²) in [5.74, 6) is 2.96. The summed E-state index contributed by atoms with van der Waals surface area (Å²) in [6.45, 7) is 4.17. The molecule has 4 N–H and O–H groups in total. The highest BCUT2D eigenvalue weighted by Crippen LogP contribution is 2.37. The van der Waals surface area contributed by atoms with Crippen molar-refractivity contribution < 1.29 is 18.8 Å². The number of fused-ring (bicyclic) bond motifs is 1. The van der Waals surface area contributed by atoms with E-state index in [1.807, 2.05) is 0 Å². The van der Waals surface area contributed by atoms with Gasteiger partial charge in [0.2, 0.25) is 5.95 Å². The average Bonchev–Trinajstić information content (AvgIpc) is 3.33. The number of rotatable bonds is 9. The maximum atomic E-state index is 11.6. The van der Waals surface area contributed by atoms with Crippen LogP contribution >= 0.6 is 8.96 Å². The largest absolute Gasteiger partial charge is 0.465 e. The van der Waals surface area contributed by atoms with E-state index in [1.54, 1.807) is 31.8 Å². The van der Waals surface area contributed by atoms with Gasteiger partial charge in [-0.05, 0) is 20.3 Å². The van der Waals surface area contributed by atoms with Crippen LogP contribution in [0.3, 0.4) is 0 Å². The van der Waals surface area contributed by atoms with Gasteiger partial charge in [0.1, 0.15) is 6.04 Å². The molecule has 1 fully saturated rings. The number of hydrogen-bond acceptors (Lipinski definition) is 10. The van der Waals surface area contributed by atoms with E-state index in [9.17, 15) is 4.79 Å². The van der Waals surface area contributed by atoms with Crippen LogP contribution in [0.25, 0.3) is 11.2 Å². The third kappa shape index (κ3) is 4.79. The lowest BCUT2D eigenvalue weighted by Crippen LogP contribution is -2.30. The first-order valence-corrected chi connectivity index (χ1v) is 10.5. The second-order valence-corrected chi connectivity index (χ2v) is 7.47. The molecule has 1 aliphatic rings. The maximum Gasteiger partial charge on any atom is 0.323 e. The third-order valence-corrected chi connectivity index (χ3v) is 5.48. The number of ether oxygens (including phenoxy) is 2. The number of nitrogens with one attached hydrogen (secondary N) is 2. The van der Waals surface area contributed by atoms with Gasteiger partial charge in [0.25, 0.3) is 0 Å². The number of hydrogen-bond donors (Lipinski definition) is 3. The molecule has 12 heteroatoms. The highest BCUT2D eigenvalue weighted by Gasteiger charge is 2.36. The molecule has 5 atom stereocenters. The minimum atomic E-state index is -0.442.